The van der Waals surface area contributed by atoms with Crippen LogP contribution in [0.15, 0.2) is 6.20 Å². The number of nitrogens with zero attached hydrogens (tertiary/aromatic N) is 1. The summed E-state index contributed by atoms with van der Waals surface area (Å²) in [5.74, 6) is 0.568. The molecule has 82 valence electrons. The molecule has 2 nitrogen and oxygen atoms in total. The summed E-state index contributed by atoms with van der Waals surface area (Å²) in [6.07, 6.45) is 6.94. The maximum absolute atomic E-state index is 5.78. The first-order chi connectivity index (χ1) is 7.24. The van der Waals surface area contributed by atoms with Crippen molar-refractivity contribution in [2.75, 3.05) is 0 Å². The van der Waals surface area contributed by atoms with Gasteiger partial charge in [-0.25, -0.2) is 0 Å². The van der Waals surface area contributed by atoms with Gasteiger partial charge in [0.2, 0.25) is 0 Å². The Labute approximate surface area is 91.9 Å². The summed E-state index contributed by atoms with van der Waals surface area (Å²) in [5.41, 5.74) is 11.3. The van der Waals surface area contributed by atoms with E-state index in [0.29, 0.717) is 12.5 Å². The number of pyridine rings is 1. The molecule has 1 heterocycles. The van der Waals surface area contributed by atoms with E-state index in [9.17, 15) is 0 Å². The third-order valence-electron chi connectivity index (χ3n) is 3.28. The van der Waals surface area contributed by atoms with Gasteiger partial charge in [-0.1, -0.05) is 13.8 Å². The van der Waals surface area contributed by atoms with Crippen molar-refractivity contribution in [1.29, 1.82) is 0 Å². The van der Waals surface area contributed by atoms with Crippen molar-refractivity contribution < 1.29 is 0 Å². The second kappa shape index (κ2) is 4.31. The monoisotopic (exact) mass is 204 g/mol. The SMILES string of the molecule is CC(C)c1c(CN)cnc2c1CCCC2. The van der Waals surface area contributed by atoms with Gasteiger partial charge < -0.3 is 5.73 Å². The molecule has 0 saturated carbocycles. The van der Waals surface area contributed by atoms with E-state index in [0.717, 1.165) is 6.42 Å². The summed E-state index contributed by atoms with van der Waals surface area (Å²) < 4.78 is 0. The number of fused-ring (bicyclic) bond motifs is 1. The van der Waals surface area contributed by atoms with E-state index in [1.165, 1.54) is 41.6 Å². The fourth-order valence-corrected chi connectivity index (χ4v) is 2.62. The fourth-order valence-electron chi connectivity index (χ4n) is 2.62. The first kappa shape index (κ1) is 10.6. The smallest absolute Gasteiger partial charge is 0.0438 e. The second-order valence-electron chi connectivity index (χ2n) is 4.69. The summed E-state index contributed by atoms with van der Waals surface area (Å²) in [4.78, 5) is 4.55. The molecule has 15 heavy (non-hydrogen) atoms. The first-order valence-corrected chi connectivity index (χ1v) is 5.93. The predicted molar refractivity (Wildman–Crippen MR) is 62.9 cm³/mol. The average molecular weight is 204 g/mol. The molecule has 0 atom stereocenters. The Morgan fingerprint density at radius 1 is 1.33 bits per heavy atom. The van der Waals surface area contributed by atoms with Crippen LogP contribution in [0.4, 0.5) is 0 Å². The van der Waals surface area contributed by atoms with Crippen LogP contribution in [0.25, 0.3) is 0 Å². The van der Waals surface area contributed by atoms with E-state index in [1.54, 1.807) is 0 Å². The summed E-state index contributed by atoms with van der Waals surface area (Å²) in [7, 11) is 0. The van der Waals surface area contributed by atoms with Crippen LogP contribution in [-0.4, -0.2) is 4.98 Å². The van der Waals surface area contributed by atoms with Gasteiger partial charge in [0.25, 0.3) is 0 Å². The van der Waals surface area contributed by atoms with Gasteiger partial charge >= 0.3 is 0 Å². The van der Waals surface area contributed by atoms with Crippen molar-refractivity contribution >= 4 is 0 Å². The molecule has 0 bridgehead atoms. The number of hydrogen-bond acceptors (Lipinski definition) is 2. The lowest BCUT2D eigenvalue weighted by molar-refractivity contribution is 0.648. The molecule has 0 saturated heterocycles. The highest BCUT2D eigenvalue weighted by Crippen LogP contribution is 2.30. The highest BCUT2D eigenvalue weighted by molar-refractivity contribution is 5.40. The average Bonchev–Trinajstić information content (AvgIpc) is 2.27. The van der Waals surface area contributed by atoms with Gasteiger partial charge in [0, 0.05) is 18.4 Å². The minimum atomic E-state index is 0.568. The van der Waals surface area contributed by atoms with E-state index in [2.05, 4.69) is 18.8 Å². The number of hydrogen-bond donors (Lipinski definition) is 1. The normalized spacial score (nSPS) is 15.5. The molecule has 2 heteroatoms. The van der Waals surface area contributed by atoms with Gasteiger partial charge in [-0.2, -0.15) is 0 Å². The van der Waals surface area contributed by atoms with E-state index < -0.39 is 0 Å². The largest absolute Gasteiger partial charge is 0.326 e. The number of nitrogens with two attached hydrogens (primary N) is 1. The van der Waals surface area contributed by atoms with Crippen LogP contribution in [-0.2, 0) is 19.4 Å². The Hall–Kier alpha value is -0.890. The Morgan fingerprint density at radius 2 is 2.07 bits per heavy atom. The molecule has 0 fully saturated rings. The fraction of sp³-hybridized carbons (Fsp3) is 0.615. The van der Waals surface area contributed by atoms with E-state index in [1.807, 2.05) is 6.20 Å². The van der Waals surface area contributed by atoms with Crippen molar-refractivity contribution in [3.8, 4) is 0 Å². The Balaban J connectivity index is 2.54. The molecule has 0 aliphatic heterocycles. The third kappa shape index (κ3) is 1.91. The van der Waals surface area contributed by atoms with Crippen LogP contribution in [0.2, 0.25) is 0 Å². The standard InChI is InChI=1S/C13H20N2/c1-9(2)13-10(7-14)8-15-12-6-4-3-5-11(12)13/h8-9H,3-7,14H2,1-2H3. The van der Waals surface area contributed by atoms with Crippen LogP contribution in [0.5, 0.6) is 0 Å². The zero-order valence-electron chi connectivity index (χ0n) is 9.71. The van der Waals surface area contributed by atoms with Gasteiger partial charge in [0.05, 0.1) is 0 Å². The van der Waals surface area contributed by atoms with Crippen LogP contribution in [0.1, 0.15) is 55.0 Å². The first-order valence-electron chi connectivity index (χ1n) is 5.93. The van der Waals surface area contributed by atoms with Crippen molar-refractivity contribution in [2.45, 2.75) is 52.0 Å². The lowest BCUT2D eigenvalue weighted by Gasteiger charge is -2.23. The molecule has 1 aromatic heterocycles. The topological polar surface area (TPSA) is 38.9 Å². The summed E-state index contributed by atoms with van der Waals surface area (Å²) >= 11 is 0. The van der Waals surface area contributed by atoms with Gasteiger partial charge in [0.1, 0.15) is 0 Å². The van der Waals surface area contributed by atoms with Gasteiger partial charge in [-0.15, -0.1) is 0 Å². The number of aryl methyl sites for hydroxylation is 1. The number of aromatic nitrogens is 1. The van der Waals surface area contributed by atoms with Crippen molar-refractivity contribution in [1.82, 2.24) is 4.98 Å². The summed E-state index contributed by atoms with van der Waals surface area (Å²) in [6, 6.07) is 0. The molecule has 0 unspecified atom stereocenters. The van der Waals surface area contributed by atoms with Crippen molar-refractivity contribution in [3.63, 3.8) is 0 Å². The zero-order valence-corrected chi connectivity index (χ0v) is 9.71. The maximum atomic E-state index is 5.78. The molecule has 2 N–H and O–H groups in total. The molecular formula is C13H20N2. The maximum Gasteiger partial charge on any atom is 0.0438 e. The van der Waals surface area contributed by atoms with E-state index in [-0.39, 0.29) is 0 Å². The summed E-state index contributed by atoms with van der Waals surface area (Å²) in [5, 5.41) is 0. The van der Waals surface area contributed by atoms with Gasteiger partial charge in [0.15, 0.2) is 0 Å². The summed E-state index contributed by atoms with van der Waals surface area (Å²) in [6.45, 7) is 5.13. The molecule has 0 spiro atoms. The van der Waals surface area contributed by atoms with Crippen LogP contribution >= 0.6 is 0 Å². The Morgan fingerprint density at radius 3 is 2.73 bits per heavy atom. The Kier molecular flexibility index (Phi) is 3.06. The highest BCUT2D eigenvalue weighted by atomic mass is 14.7. The molecule has 2 rings (SSSR count). The molecular weight excluding hydrogens is 184 g/mol. The predicted octanol–water partition coefficient (Wildman–Crippen LogP) is 2.54. The lowest BCUT2D eigenvalue weighted by Crippen LogP contribution is -2.14. The van der Waals surface area contributed by atoms with Gasteiger partial charge in [-0.05, 0) is 48.3 Å². The van der Waals surface area contributed by atoms with E-state index >= 15 is 0 Å². The minimum Gasteiger partial charge on any atom is -0.326 e. The van der Waals surface area contributed by atoms with Crippen molar-refractivity contribution in [3.05, 3.63) is 28.6 Å². The quantitative estimate of drug-likeness (QED) is 0.804. The van der Waals surface area contributed by atoms with E-state index in [4.69, 9.17) is 5.73 Å². The highest BCUT2D eigenvalue weighted by Gasteiger charge is 2.18. The molecule has 0 amide bonds. The van der Waals surface area contributed by atoms with Gasteiger partial charge in [-0.3, -0.25) is 4.98 Å². The Bertz CT molecular complexity index is 356. The molecule has 1 aliphatic rings. The second-order valence-corrected chi connectivity index (χ2v) is 4.69. The van der Waals surface area contributed by atoms with Crippen LogP contribution in [0.3, 0.4) is 0 Å². The zero-order chi connectivity index (χ0) is 10.8. The third-order valence-corrected chi connectivity index (χ3v) is 3.28. The number of rotatable bonds is 2. The lowest BCUT2D eigenvalue weighted by atomic mass is 9.85. The minimum absolute atomic E-state index is 0.568. The molecule has 0 aromatic carbocycles. The molecule has 1 aromatic rings. The molecule has 0 radical (unpaired) electrons. The molecule has 1 aliphatic carbocycles. The van der Waals surface area contributed by atoms with Crippen LogP contribution < -0.4 is 5.73 Å². The van der Waals surface area contributed by atoms with Crippen LogP contribution in [0, 0.1) is 0 Å². The van der Waals surface area contributed by atoms with Crippen molar-refractivity contribution in [2.24, 2.45) is 5.73 Å².